The summed E-state index contributed by atoms with van der Waals surface area (Å²) in [5.74, 6) is 1.84. The van der Waals surface area contributed by atoms with E-state index >= 15 is 0 Å². The average molecular weight is 415 g/mol. The van der Waals surface area contributed by atoms with Gasteiger partial charge in [0, 0.05) is 0 Å². The second-order valence-electron chi connectivity index (χ2n) is 6.52. The van der Waals surface area contributed by atoms with Crippen LogP contribution in [0.3, 0.4) is 0 Å². The van der Waals surface area contributed by atoms with E-state index in [0.29, 0.717) is 23.9 Å². The molecule has 0 aliphatic heterocycles. The molecule has 4 aromatic carbocycles. The maximum Gasteiger partial charge on any atom is 0.893 e. The van der Waals surface area contributed by atoms with Gasteiger partial charge in [0.05, 0.1) is 6.61 Å². The van der Waals surface area contributed by atoms with Gasteiger partial charge in [0.15, 0.2) is 0 Å². The van der Waals surface area contributed by atoms with Gasteiger partial charge < -0.3 is 17.7 Å². The maximum absolute atomic E-state index is 6.30. The van der Waals surface area contributed by atoms with Gasteiger partial charge in [-0.05, 0) is 42.0 Å². The van der Waals surface area contributed by atoms with Gasteiger partial charge in [0.2, 0.25) is 0 Å². The minimum atomic E-state index is -3.70. The fourth-order valence-corrected chi connectivity index (χ4v) is 4.71. The molecule has 4 nitrogen and oxygen atoms in total. The second-order valence-corrected chi connectivity index (χ2v) is 8.42. The van der Waals surface area contributed by atoms with Crippen LogP contribution in [-0.4, -0.2) is 9.05 Å². The van der Waals surface area contributed by atoms with E-state index in [-0.39, 0.29) is 0 Å². The number of rotatable bonds is 9. The summed E-state index contributed by atoms with van der Waals surface area (Å²) in [6.07, 6.45) is 0. The topological polar surface area (TPSA) is 36.9 Å². The van der Waals surface area contributed by atoms with Gasteiger partial charge in [0.25, 0.3) is 0 Å². The molecule has 0 amide bonds. The van der Waals surface area contributed by atoms with Crippen molar-refractivity contribution in [3.8, 4) is 17.2 Å². The van der Waals surface area contributed by atoms with Crippen LogP contribution in [0.4, 0.5) is 0 Å². The van der Waals surface area contributed by atoms with Crippen molar-refractivity contribution in [1.29, 1.82) is 0 Å². The van der Waals surface area contributed by atoms with E-state index in [1.807, 2.05) is 121 Å². The molecule has 0 heterocycles. The van der Waals surface area contributed by atoms with Crippen molar-refractivity contribution < 1.29 is 17.7 Å². The van der Waals surface area contributed by atoms with Crippen LogP contribution < -0.4 is 13.3 Å². The van der Waals surface area contributed by atoms with Crippen LogP contribution in [-0.2, 0) is 11.0 Å². The molecule has 0 aliphatic carbocycles. The first kappa shape index (κ1) is 19.8. The maximum atomic E-state index is 6.30. The largest absolute Gasteiger partial charge is 0.893 e. The SMILES string of the molecule is c1ccc(CO[Si](Oc2ccccc2)(Oc2ccccc2)Oc2ccccc2)cc1. The molecule has 5 heteroatoms. The Labute approximate surface area is 177 Å². The summed E-state index contributed by atoms with van der Waals surface area (Å²) in [5.41, 5.74) is 0.999. The van der Waals surface area contributed by atoms with Crippen molar-refractivity contribution in [2.24, 2.45) is 0 Å². The molecule has 0 saturated heterocycles. The van der Waals surface area contributed by atoms with Gasteiger partial charge in [-0.25, -0.2) is 0 Å². The van der Waals surface area contributed by atoms with Crippen molar-refractivity contribution in [1.82, 2.24) is 0 Å². The van der Waals surface area contributed by atoms with Crippen LogP contribution in [0.1, 0.15) is 5.56 Å². The minimum Gasteiger partial charge on any atom is -0.462 e. The van der Waals surface area contributed by atoms with Crippen LogP contribution in [0.15, 0.2) is 121 Å². The Morgan fingerprint density at radius 1 is 0.433 bits per heavy atom. The Kier molecular flexibility index (Phi) is 6.44. The van der Waals surface area contributed by atoms with Gasteiger partial charge in [-0.2, -0.15) is 0 Å². The van der Waals surface area contributed by atoms with E-state index in [9.17, 15) is 0 Å². The molecule has 0 radical (unpaired) electrons. The molecule has 0 aromatic heterocycles. The van der Waals surface area contributed by atoms with Gasteiger partial charge >= 0.3 is 9.05 Å². The van der Waals surface area contributed by atoms with Crippen molar-refractivity contribution in [2.75, 3.05) is 0 Å². The number of hydrogen-bond donors (Lipinski definition) is 0. The molecule has 4 aromatic rings. The third-order valence-corrected chi connectivity index (χ3v) is 6.17. The number of benzene rings is 4. The third kappa shape index (κ3) is 5.50. The molecule has 30 heavy (non-hydrogen) atoms. The lowest BCUT2D eigenvalue weighted by Gasteiger charge is -2.28. The van der Waals surface area contributed by atoms with E-state index in [4.69, 9.17) is 17.7 Å². The van der Waals surface area contributed by atoms with Crippen molar-refractivity contribution in [3.63, 3.8) is 0 Å². The number of para-hydroxylation sites is 3. The Morgan fingerprint density at radius 2 is 0.767 bits per heavy atom. The van der Waals surface area contributed by atoms with Crippen LogP contribution in [0.25, 0.3) is 0 Å². The summed E-state index contributed by atoms with van der Waals surface area (Å²) in [4.78, 5) is 0. The first-order valence-electron chi connectivity index (χ1n) is 9.71. The third-order valence-electron chi connectivity index (χ3n) is 4.22. The Balaban J connectivity index is 1.69. The minimum absolute atomic E-state index is 0.291. The summed E-state index contributed by atoms with van der Waals surface area (Å²) < 4.78 is 25.2. The van der Waals surface area contributed by atoms with E-state index in [2.05, 4.69) is 0 Å². The highest BCUT2D eigenvalue weighted by Crippen LogP contribution is 2.25. The predicted octanol–water partition coefficient (Wildman–Crippen LogP) is 5.88. The van der Waals surface area contributed by atoms with Crippen LogP contribution in [0.2, 0.25) is 0 Å². The molecule has 0 saturated carbocycles. The van der Waals surface area contributed by atoms with Crippen molar-refractivity contribution in [3.05, 3.63) is 127 Å². The van der Waals surface area contributed by atoms with Crippen molar-refractivity contribution in [2.45, 2.75) is 6.61 Å². The molecule has 0 unspecified atom stereocenters. The highest BCUT2D eigenvalue weighted by atomic mass is 28.4. The van der Waals surface area contributed by atoms with Gasteiger partial charge in [-0.1, -0.05) is 84.9 Å². The normalized spacial score (nSPS) is 10.9. The van der Waals surface area contributed by atoms with E-state index < -0.39 is 9.05 Å². The number of hydrogen-bond acceptors (Lipinski definition) is 4. The molecular formula is C25H22O4Si. The van der Waals surface area contributed by atoms with Crippen LogP contribution in [0, 0.1) is 0 Å². The monoisotopic (exact) mass is 414 g/mol. The average Bonchev–Trinajstić information content (AvgIpc) is 2.80. The molecular weight excluding hydrogens is 392 g/mol. The van der Waals surface area contributed by atoms with Crippen molar-refractivity contribution >= 4 is 9.05 Å². The fraction of sp³-hybridized carbons (Fsp3) is 0.0400. The van der Waals surface area contributed by atoms with E-state index in [0.717, 1.165) is 5.56 Å². The first-order valence-corrected chi connectivity index (χ1v) is 11.3. The molecule has 0 atom stereocenters. The molecule has 0 N–H and O–H groups in total. The fourth-order valence-electron chi connectivity index (χ4n) is 2.80. The molecule has 0 bridgehead atoms. The van der Waals surface area contributed by atoms with Crippen LogP contribution >= 0.6 is 0 Å². The molecule has 0 aliphatic rings. The Morgan fingerprint density at radius 3 is 1.13 bits per heavy atom. The summed E-state index contributed by atoms with van der Waals surface area (Å²) in [5, 5.41) is 0. The Bertz CT molecular complexity index is 911. The zero-order valence-corrected chi connectivity index (χ0v) is 17.4. The lowest BCUT2D eigenvalue weighted by atomic mass is 10.2. The second kappa shape index (κ2) is 9.78. The van der Waals surface area contributed by atoms with Gasteiger partial charge in [-0.15, -0.1) is 0 Å². The molecule has 0 fully saturated rings. The molecule has 0 spiro atoms. The highest BCUT2D eigenvalue weighted by Gasteiger charge is 2.55. The van der Waals surface area contributed by atoms with Crippen LogP contribution in [0.5, 0.6) is 17.2 Å². The standard InChI is InChI=1S/C25H22O4Si/c1-5-13-22(14-6-1)21-26-30(27-23-15-7-2-8-16-23,28-24-17-9-3-10-18-24)29-25-19-11-4-12-20-25/h1-20H,21H2. The zero-order chi connectivity index (χ0) is 20.5. The quantitative estimate of drug-likeness (QED) is 0.321. The molecule has 150 valence electrons. The van der Waals surface area contributed by atoms with Gasteiger partial charge in [0.1, 0.15) is 17.2 Å². The summed E-state index contributed by atoms with van der Waals surface area (Å²) in [7, 11) is -3.70. The summed E-state index contributed by atoms with van der Waals surface area (Å²) in [6, 6.07) is 38.2. The first-order chi connectivity index (χ1) is 14.8. The molecule has 4 rings (SSSR count). The van der Waals surface area contributed by atoms with Gasteiger partial charge in [-0.3, -0.25) is 0 Å². The Hall–Kier alpha value is -3.54. The zero-order valence-electron chi connectivity index (χ0n) is 16.4. The highest BCUT2D eigenvalue weighted by molar-refractivity contribution is 6.56. The summed E-state index contributed by atoms with van der Waals surface area (Å²) >= 11 is 0. The lowest BCUT2D eigenvalue weighted by molar-refractivity contribution is 0.0836. The van der Waals surface area contributed by atoms with E-state index in [1.165, 1.54) is 0 Å². The van der Waals surface area contributed by atoms with E-state index in [1.54, 1.807) is 0 Å². The predicted molar refractivity (Wildman–Crippen MR) is 118 cm³/mol. The summed E-state index contributed by atoms with van der Waals surface area (Å²) in [6.45, 7) is 0.291. The lowest BCUT2D eigenvalue weighted by Crippen LogP contribution is -2.57. The smallest absolute Gasteiger partial charge is 0.462 e.